The van der Waals surface area contributed by atoms with Gasteiger partial charge >= 0.3 is 0 Å². The summed E-state index contributed by atoms with van der Waals surface area (Å²) in [6.45, 7) is 0. The Labute approximate surface area is 105 Å². The molecule has 0 amide bonds. The Kier molecular flexibility index (Phi) is 3.79. The minimum absolute atomic E-state index is 0.607. The van der Waals surface area contributed by atoms with Gasteiger partial charge in [0.05, 0.1) is 0 Å². The molecule has 0 fully saturated rings. The normalized spacial score (nSPS) is 14.3. The van der Waals surface area contributed by atoms with E-state index in [1.165, 1.54) is 0 Å². The third-order valence-electron chi connectivity index (χ3n) is 2.65. The van der Waals surface area contributed by atoms with Gasteiger partial charge in [-0.1, -0.05) is 54.1 Å². The molecule has 0 heterocycles. The number of rotatable bonds is 3. The van der Waals surface area contributed by atoms with Gasteiger partial charge < -0.3 is 10.2 Å². The van der Waals surface area contributed by atoms with Gasteiger partial charge in [0.15, 0.2) is 0 Å². The molecular weight excluding hydrogens is 236 g/mol. The monoisotopic (exact) mass is 248 g/mol. The highest BCUT2D eigenvalue weighted by atomic mass is 35.5. The second kappa shape index (κ2) is 5.32. The molecule has 3 heteroatoms. The van der Waals surface area contributed by atoms with Crippen LogP contribution in [0.5, 0.6) is 0 Å². The van der Waals surface area contributed by atoms with Crippen LogP contribution in [0.15, 0.2) is 54.6 Å². The van der Waals surface area contributed by atoms with Crippen molar-refractivity contribution in [1.82, 2.24) is 0 Å². The zero-order valence-corrected chi connectivity index (χ0v) is 9.88. The highest BCUT2D eigenvalue weighted by Crippen LogP contribution is 2.28. The lowest BCUT2D eigenvalue weighted by atomic mass is 9.98. The Hall–Kier alpha value is -1.35. The van der Waals surface area contributed by atoms with Crippen LogP contribution in [0.1, 0.15) is 23.3 Å². The van der Waals surface area contributed by atoms with Crippen molar-refractivity contribution >= 4 is 11.6 Å². The van der Waals surface area contributed by atoms with Crippen LogP contribution in [0, 0.1) is 0 Å². The van der Waals surface area contributed by atoms with E-state index in [1.807, 2.05) is 18.2 Å². The highest BCUT2D eigenvalue weighted by molar-refractivity contribution is 6.30. The Bertz CT molecular complexity index is 467. The average Bonchev–Trinajstić information content (AvgIpc) is 2.39. The third kappa shape index (κ3) is 2.86. The van der Waals surface area contributed by atoms with Crippen LogP contribution in [-0.2, 0) is 0 Å². The van der Waals surface area contributed by atoms with Gasteiger partial charge in [0.25, 0.3) is 0 Å². The first-order chi connectivity index (χ1) is 8.18. The molecule has 2 rings (SSSR count). The number of halogens is 1. The number of hydrogen-bond donors (Lipinski definition) is 2. The van der Waals surface area contributed by atoms with Crippen molar-refractivity contribution in [3.63, 3.8) is 0 Å². The van der Waals surface area contributed by atoms with Gasteiger partial charge in [0, 0.05) is 5.02 Å². The standard InChI is InChI=1S/C14H13ClO2/c15-12-8-6-11(7-9-12)14(17)13(16)10-4-2-1-3-5-10/h1-9,13-14,16-17H/t13-,14-/m0/s1. The molecule has 0 aliphatic rings. The first-order valence-corrected chi connectivity index (χ1v) is 5.73. The summed E-state index contributed by atoms with van der Waals surface area (Å²) < 4.78 is 0. The molecule has 0 radical (unpaired) electrons. The molecule has 2 aromatic rings. The molecule has 0 aliphatic heterocycles. The smallest absolute Gasteiger partial charge is 0.109 e. The molecule has 17 heavy (non-hydrogen) atoms. The Balaban J connectivity index is 2.20. The molecule has 0 saturated heterocycles. The zero-order valence-electron chi connectivity index (χ0n) is 9.12. The van der Waals surface area contributed by atoms with Crippen molar-refractivity contribution in [2.24, 2.45) is 0 Å². The van der Waals surface area contributed by atoms with Gasteiger partial charge in [0.2, 0.25) is 0 Å². The lowest BCUT2D eigenvalue weighted by Crippen LogP contribution is -2.10. The molecule has 0 aliphatic carbocycles. The predicted molar refractivity (Wildman–Crippen MR) is 67.8 cm³/mol. The van der Waals surface area contributed by atoms with Crippen molar-refractivity contribution in [2.45, 2.75) is 12.2 Å². The molecular formula is C14H13ClO2. The van der Waals surface area contributed by atoms with E-state index in [9.17, 15) is 10.2 Å². The molecule has 2 aromatic carbocycles. The van der Waals surface area contributed by atoms with Gasteiger partial charge in [-0.2, -0.15) is 0 Å². The summed E-state index contributed by atoms with van der Waals surface area (Å²) in [4.78, 5) is 0. The zero-order chi connectivity index (χ0) is 12.3. The molecule has 0 bridgehead atoms. The largest absolute Gasteiger partial charge is 0.385 e. The van der Waals surface area contributed by atoms with Crippen LogP contribution >= 0.6 is 11.6 Å². The molecule has 0 spiro atoms. The number of aliphatic hydroxyl groups is 2. The first-order valence-electron chi connectivity index (χ1n) is 5.35. The van der Waals surface area contributed by atoms with Gasteiger partial charge in [-0.25, -0.2) is 0 Å². The topological polar surface area (TPSA) is 40.5 Å². The quantitative estimate of drug-likeness (QED) is 0.876. The predicted octanol–water partition coefficient (Wildman–Crippen LogP) is 3.11. The molecule has 2 atom stereocenters. The SMILES string of the molecule is O[C@@H](c1ccccc1)[C@@H](O)c1ccc(Cl)cc1. The summed E-state index contributed by atoms with van der Waals surface area (Å²) in [5.74, 6) is 0. The number of hydrogen-bond acceptors (Lipinski definition) is 2. The fourth-order valence-electron chi connectivity index (χ4n) is 1.67. The van der Waals surface area contributed by atoms with Crippen molar-refractivity contribution < 1.29 is 10.2 Å². The minimum atomic E-state index is -0.949. The lowest BCUT2D eigenvalue weighted by molar-refractivity contribution is 0.0172. The van der Waals surface area contributed by atoms with Crippen LogP contribution in [0.3, 0.4) is 0 Å². The number of aliphatic hydroxyl groups excluding tert-OH is 2. The van der Waals surface area contributed by atoms with E-state index in [1.54, 1.807) is 36.4 Å². The average molecular weight is 249 g/mol. The summed E-state index contributed by atoms with van der Waals surface area (Å²) in [6.07, 6.45) is -1.88. The van der Waals surface area contributed by atoms with E-state index in [4.69, 9.17) is 11.6 Å². The van der Waals surface area contributed by atoms with Crippen LogP contribution in [0.4, 0.5) is 0 Å². The second-order valence-electron chi connectivity index (χ2n) is 3.85. The molecule has 0 aromatic heterocycles. The summed E-state index contributed by atoms with van der Waals surface area (Å²) in [5, 5.41) is 20.7. The Morgan fingerprint density at radius 3 is 1.71 bits per heavy atom. The van der Waals surface area contributed by atoms with E-state index in [0.29, 0.717) is 16.1 Å². The fraction of sp³-hybridized carbons (Fsp3) is 0.143. The van der Waals surface area contributed by atoms with Gasteiger partial charge in [0.1, 0.15) is 12.2 Å². The minimum Gasteiger partial charge on any atom is -0.385 e. The van der Waals surface area contributed by atoms with Crippen LogP contribution in [0.25, 0.3) is 0 Å². The van der Waals surface area contributed by atoms with Crippen molar-refractivity contribution in [1.29, 1.82) is 0 Å². The third-order valence-corrected chi connectivity index (χ3v) is 2.90. The van der Waals surface area contributed by atoms with Gasteiger partial charge in [-0.3, -0.25) is 0 Å². The van der Waals surface area contributed by atoms with Gasteiger partial charge in [-0.05, 0) is 23.3 Å². The van der Waals surface area contributed by atoms with Crippen molar-refractivity contribution in [2.75, 3.05) is 0 Å². The maximum absolute atomic E-state index is 10.0. The van der Waals surface area contributed by atoms with Crippen molar-refractivity contribution in [3.8, 4) is 0 Å². The molecule has 2 nitrogen and oxygen atoms in total. The van der Waals surface area contributed by atoms with Crippen LogP contribution in [-0.4, -0.2) is 10.2 Å². The maximum Gasteiger partial charge on any atom is 0.109 e. The van der Waals surface area contributed by atoms with E-state index in [-0.39, 0.29) is 0 Å². The number of benzene rings is 2. The van der Waals surface area contributed by atoms with Crippen LogP contribution in [0.2, 0.25) is 5.02 Å². The summed E-state index contributed by atoms with van der Waals surface area (Å²) in [5.41, 5.74) is 1.33. The van der Waals surface area contributed by atoms with E-state index in [2.05, 4.69) is 0 Å². The summed E-state index contributed by atoms with van der Waals surface area (Å²) in [7, 11) is 0. The molecule has 0 saturated carbocycles. The van der Waals surface area contributed by atoms with E-state index in [0.717, 1.165) is 0 Å². The fourth-order valence-corrected chi connectivity index (χ4v) is 1.80. The van der Waals surface area contributed by atoms with Crippen molar-refractivity contribution in [3.05, 3.63) is 70.7 Å². The summed E-state index contributed by atoms with van der Waals surface area (Å²) in [6, 6.07) is 15.9. The molecule has 2 N–H and O–H groups in total. The Morgan fingerprint density at radius 1 is 0.706 bits per heavy atom. The molecule has 0 unspecified atom stereocenters. The highest BCUT2D eigenvalue weighted by Gasteiger charge is 2.19. The maximum atomic E-state index is 10.0. The van der Waals surface area contributed by atoms with Gasteiger partial charge in [-0.15, -0.1) is 0 Å². The molecule has 88 valence electrons. The second-order valence-corrected chi connectivity index (χ2v) is 4.29. The lowest BCUT2D eigenvalue weighted by Gasteiger charge is -2.18. The van der Waals surface area contributed by atoms with E-state index >= 15 is 0 Å². The first kappa shape index (κ1) is 12.1. The Morgan fingerprint density at radius 2 is 1.18 bits per heavy atom. The summed E-state index contributed by atoms with van der Waals surface area (Å²) >= 11 is 5.77. The van der Waals surface area contributed by atoms with E-state index < -0.39 is 12.2 Å². The van der Waals surface area contributed by atoms with Crippen LogP contribution < -0.4 is 0 Å².